The lowest BCUT2D eigenvalue weighted by Crippen LogP contribution is -2.46. The monoisotopic (exact) mass is 440 g/mol. The molecule has 6 nitrogen and oxygen atoms in total. The third-order valence-electron chi connectivity index (χ3n) is 6.84. The van der Waals surface area contributed by atoms with Gasteiger partial charge in [0.15, 0.2) is 5.60 Å². The van der Waals surface area contributed by atoms with Crippen molar-refractivity contribution in [3.05, 3.63) is 65.6 Å². The average Bonchev–Trinajstić information content (AvgIpc) is 3.65. The van der Waals surface area contributed by atoms with Gasteiger partial charge in [-0.15, -0.1) is 0 Å². The molecule has 1 saturated carbocycles. The maximum atomic E-state index is 14.2. The van der Waals surface area contributed by atoms with Crippen molar-refractivity contribution in [2.75, 3.05) is 13.1 Å². The van der Waals surface area contributed by atoms with E-state index in [4.69, 9.17) is 5.26 Å². The number of hydrogen-bond donors (Lipinski definition) is 1. The van der Waals surface area contributed by atoms with Crippen LogP contribution in [0.5, 0.6) is 0 Å². The second-order valence-electron chi connectivity index (χ2n) is 8.92. The molecule has 0 unspecified atom stereocenters. The molecule has 2 aromatic carbocycles. The number of pyridine rings is 1. The van der Waals surface area contributed by atoms with Crippen LogP contribution in [0.15, 0.2) is 48.7 Å². The summed E-state index contributed by atoms with van der Waals surface area (Å²) in [4.78, 5) is 19.5. The van der Waals surface area contributed by atoms with E-state index in [9.17, 15) is 19.6 Å². The van der Waals surface area contributed by atoms with Crippen molar-refractivity contribution in [3.8, 4) is 23.3 Å². The minimum atomic E-state index is -1.42. The van der Waals surface area contributed by atoms with E-state index >= 15 is 0 Å². The lowest BCUT2D eigenvalue weighted by molar-refractivity contribution is 0.0236. The number of rotatable bonds is 3. The lowest BCUT2D eigenvalue weighted by atomic mass is 9.90. The number of aromatic nitrogens is 1. The Balaban J connectivity index is 1.59. The van der Waals surface area contributed by atoms with E-state index in [-0.39, 0.29) is 31.8 Å². The van der Waals surface area contributed by atoms with Crippen LogP contribution in [0, 0.1) is 28.5 Å². The quantitative estimate of drug-likeness (QED) is 0.619. The molecule has 2 heterocycles. The molecule has 2 fully saturated rings. The maximum absolute atomic E-state index is 14.2. The number of likely N-dealkylation sites (tertiary alicyclic amines) is 1. The first kappa shape index (κ1) is 21.1. The number of nitrogens with zero attached hydrogens (tertiary/aromatic N) is 4. The van der Waals surface area contributed by atoms with Crippen LogP contribution >= 0.6 is 0 Å². The van der Waals surface area contributed by atoms with Crippen molar-refractivity contribution in [1.82, 2.24) is 9.88 Å². The lowest BCUT2D eigenvalue weighted by Gasteiger charge is -2.34. The third-order valence-corrected chi connectivity index (χ3v) is 6.84. The summed E-state index contributed by atoms with van der Waals surface area (Å²) in [6.07, 6.45) is 3.52. The minimum absolute atomic E-state index is 0.172. The van der Waals surface area contributed by atoms with Gasteiger partial charge in [-0.3, -0.25) is 9.78 Å². The van der Waals surface area contributed by atoms with Gasteiger partial charge in [-0.2, -0.15) is 10.5 Å². The SMILES string of the molecule is N#CC1(O)CCN(C(=O)c2cnc3ccc(F)cc3c2-c2ccc(C3(C#N)CC3)cc2)CC1. The second-order valence-corrected chi connectivity index (χ2v) is 8.92. The zero-order chi connectivity index (χ0) is 23.2. The summed E-state index contributed by atoms with van der Waals surface area (Å²) >= 11 is 0. The zero-order valence-electron chi connectivity index (χ0n) is 17.9. The van der Waals surface area contributed by atoms with E-state index in [2.05, 4.69) is 11.1 Å². The zero-order valence-corrected chi connectivity index (χ0v) is 17.9. The Morgan fingerprint density at radius 3 is 2.33 bits per heavy atom. The Hall–Kier alpha value is -3.81. The predicted molar refractivity (Wildman–Crippen MR) is 119 cm³/mol. The molecule has 33 heavy (non-hydrogen) atoms. The number of carbonyl (C=O) groups excluding carboxylic acids is 1. The first-order chi connectivity index (χ1) is 15.9. The fourth-order valence-corrected chi connectivity index (χ4v) is 4.55. The molecule has 0 atom stereocenters. The molecule has 1 amide bonds. The van der Waals surface area contributed by atoms with Crippen LogP contribution in [0.25, 0.3) is 22.0 Å². The molecule has 5 rings (SSSR count). The molecule has 7 heteroatoms. The van der Waals surface area contributed by atoms with Gasteiger partial charge in [0.1, 0.15) is 5.82 Å². The first-order valence-corrected chi connectivity index (χ1v) is 10.9. The second kappa shape index (κ2) is 7.65. The maximum Gasteiger partial charge on any atom is 0.256 e. The Morgan fingerprint density at radius 2 is 1.73 bits per heavy atom. The number of halogens is 1. The minimum Gasteiger partial charge on any atom is -0.375 e. The summed E-state index contributed by atoms with van der Waals surface area (Å²) in [5.74, 6) is -0.700. The Labute approximate surface area is 190 Å². The summed E-state index contributed by atoms with van der Waals surface area (Å²) in [5.41, 5.74) is 1.33. The molecule has 0 bridgehead atoms. The fourth-order valence-electron chi connectivity index (χ4n) is 4.55. The van der Waals surface area contributed by atoms with Crippen LogP contribution in [-0.4, -0.2) is 39.6 Å². The molecule has 164 valence electrons. The standard InChI is InChI=1S/C26H21FN4O2/c27-19-5-6-22-20(13-19)23(17-1-3-18(4-2-17)25(15-28)7-8-25)21(14-30-22)24(32)31-11-9-26(33,16-29)10-12-31/h1-6,13-14,33H,7-12H2. The molecule has 2 aliphatic rings. The summed E-state index contributed by atoms with van der Waals surface area (Å²) < 4.78 is 14.2. The Bertz CT molecular complexity index is 1340. The normalized spacial score (nSPS) is 18.4. The molecular weight excluding hydrogens is 419 g/mol. The van der Waals surface area contributed by atoms with E-state index in [0.29, 0.717) is 22.0 Å². The van der Waals surface area contributed by atoms with Gasteiger partial charge in [0, 0.05) is 43.1 Å². The average molecular weight is 440 g/mol. The molecule has 0 spiro atoms. The molecule has 3 aromatic rings. The van der Waals surface area contributed by atoms with E-state index in [1.807, 2.05) is 30.3 Å². The highest BCUT2D eigenvalue weighted by Gasteiger charge is 2.44. The number of hydrogen-bond acceptors (Lipinski definition) is 5. The van der Waals surface area contributed by atoms with Gasteiger partial charge < -0.3 is 10.0 Å². The highest BCUT2D eigenvalue weighted by Crippen LogP contribution is 2.48. The van der Waals surface area contributed by atoms with Gasteiger partial charge in [-0.25, -0.2) is 4.39 Å². The number of carbonyl (C=O) groups is 1. The summed E-state index contributed by atoms with van der Waals surface area (Å²) in [5, 5.41) is 29.4. The van der Waals surface area contributed by atoms with Crippen molar-refractivity contribution in [2.45, 2.75) is 36.7 Å². The van der Waals surface area contributed by atoms with Crippen LogP contribution in [0.2, 0.25) is 0 Å². The van der Waals surface area contributed by atoms with Gasteiger partial charge in [-0.05, 0) is 42.2 Å². The Morgan fingerprint density at radius 1 is 1.03 bits per heavy atom. The van der Waals surface area contributed by atoms with Gasteiger partial charge >= 0.3 is 0 Å². The topological polar surface area (TPSA) is 101 Å². The number of aliphatic hydroxyl groups is 1. The molecule has 1 aliphatic carbocycles. The summed E-state index contributed by atoms with van der Waals surface area (Å²) in [6.45, 7) is 0.486. The third kappa shape index (κ3) is 3.61. The van der Waals surface area contributed by atoms with Crippen LogP contribution in [0.3, 0.4) is 0 Å². The van der Waals surface area contributed by atoms with Gasteiger partial charge in [0.25, 0.3) is 5.91 Å². The molecule has 1 aliphatic heterocycles. The fraction of sp³-hybridized carbons (Fsp3) is 0.308. The molecule has 1 saturated heterocycles. The highest BCUT2D eigenvalue weighted by atomic mass is 19.1. The smallest absolute Gasteiger partial charge is 0.256 e. The van der Waals surface area contributed by atoms with E-state index in [1.165, 1.54) is 18.3 Å². The summed E-state index contributed by atoms with van der Waals surface area (Å²) in [7, 11) is 0. The summed E-state index contributed by atoms with van der Waals surface area (Å²) in [6, 6.07) is 16.1. The molecule has 1 N–H and O–H groups in total. The van der Waals surface area contributed by atoms with Crippen molar-refractivity contribution in [3.63, 3.8) is 0 Å². The van der Waals surface area contributed by atoms with Crippen molar-refractivity contribution in [2.24, 2.45) is 0 Å². The number of fused-ring (bicyclic) bond motifs is 1. The van der Waals surface area contributed by atoms with Crippen LogP contribution in [-0.2, 0) is 5.41 Å². The molecule has 1 aromatic heterocycles. The molecule has 0 radical (unpaired) electrons. The van der Waals surface area contributed by atoms with Crippen LogP contribution < -0.4 is 0 Å². The number of amides is 1. The van der Waals surface area contributed by atoms with E-state index in [1.54, 1.807) is 11.0 Å². The largest absolute Gasteiger partial charge is 0.375 e. The van der Waals surface area contributed by atoms with E-state index in [0.717, 1.165) is 24.0 Å². The van der Waals surface area contributed by atoms with Gasteiger partial charge in [0.05, 0.1) is 28.6 Å². The number of nitriles is 2. The first-order valence-electron chi connectivity index (χ1n) is 10.9. The van der Waals surface area contributed by atoms with Crippen LogP contribution in [0.4, 0.5) is 4.39 Å². The van der Waals surface area contributed by atoms with Crippen molar-refractivity contribution >= 4 is 16.8 Å². The number of piperidine rings is 1. The highest BCUT2D eigenvalue weighted by molar-refractivity contribution is 6.08. The van der Waals surface area contributed by atoms with Gasteiger partial charge in [0.2, 0.25) is 0 Å². The number of benzene rings is 2. The van der Waals surface area contributed by atoms with E-state index < -0.39 is 16.8 Å². The molecular formula is C26H21FN4O2. The predicted octanol–water partition coefficient (Wildman–Crippen LogP) is 4.09. The van der Waals surface area contributed by atoms with Crippen molar-refractivity contribution < 1.29 is 14.3 Å². The Kier molecular flexibility index (Phi) is 4.88. The van der Waals surface area contributed by atoms with Gasteiger partial charge in [-0.1, -0.05) is 24.3 Å². The van der Waals surface area contributed by atoms with Crippen LogP contribution in [0.1, 0.15) is 41.6 Å². The van der Waals surface area contributed by atoms with Crippen molar-refractivity contribution in [1.29, 1.82) is 10.5 Å².